The number of nitrogens with one attached hydrogen (secondary N) is 1. The number of rotatable bonds is 5. The molecule has 1 aliphatic rings. The van der Waals surface area contributed by atoms with Crippen LogP contribution < -0.4 is 11.1 Å². The maximum Gasteiger partial charge on any atom is 0.189 e. The lowest BCUT2D eigenvalue weighted by molar-refractivity contribution is 0.132. The van der Waals surface area contributed by atoms with Crippen LogP contribution in [0.3, 0.4) is 0 Å². The summed E-state index contributed by atoms with van der Waals surface area (Å²) in [5.74, 6) is 0.500. The predicted octanol–water partition coefficient (Wildman–Crippen LogP) is 2.64. The summed E-state index contributed by atoms with van der Waals surface area (Å²) in [5, 5.41) is 3.18. The second-order valence-electron chi connectivity index (χ2n) is 7.60. The molecule has 3 N–H and O–H groups in total. The van der Waals surface area contributed by atoms with Crippen molar-refractivity contribution in [2.75, 3.05) is 32.7 Å². The summed E-state index contributed by atoms with van der Waals surface area (Å²) in [7, 11) is 0. The quantitative estimate of drug-likeness (QED) is 0.404. The molecular weight excluding hydrogens is 425 g/mol. The summed E-state index contributed by atoms with van der Waals surface area (Å²) in [5.41, 5.74) is 8.41. The molecule has 0 amide bonds. The molecule has 0 aromatic heterocycles. The van der Waals surface area contributed by atoms with E-state index < -0.39 is 0 Å². The van der Waals surface area contributed by atoms with E-state index >= 15 is 0 Å². The van der Waals surface area contributed by atoms with E-state index in [1.165, 1.54) is 24.2 Å². The molecule has 0 spiro atoms. The van der Waals surface area contributed by atoms with Crippen molar-refractivity contribution in [3.63, 3.8) is 0 Å². The molecule has 25 heavy (non-hydrogen) atoms. The van der Waals surface area contributed by atoms with Gasteiger partial charge in [-0.1, -0.05) is 31.2 Å². The first-order valence-corrected chi connectivity index (χ1v) is 8.96. The van der Waals surface area contributed by atoms with E-state index in [9.17, 15) is 0 Å². The van der Waals surface area contributed by atoms with Crippen molar-refractivity contribution >= 4 is 29.9 Å². The van der Waals surface area contributed by atoms with Crippen molar-refractivity contribution in [2.45, 2.75) is 46.3 Å². The van der Waals surface area contributed by atoms with Crippen LogP contribution in [0.2, 0.25) is 0 Å². The minimum absolute atomic E-state index is 0. The molecule has 1 aromatic rings. The lowest BCUT2D eigenvalue weighted by atomic mass is 10.1. The van der Waals surface area contributed by atoms with Crippen LogP contribution in [0.25, 0.3) is 0 Å². The van der Waals surface area contributed by atoms with Gasteiger partial charge < -0.3 is 16.0 Å². The fourth-order valence-electron chi connectivity index (χ4n) is 2.87. The minimum atomic E-state index is -0.0563. The lowest BCUT2D eigenvalue weighted by Crippen LogP contribution is -2.45. The zero-order valence-electron chi connectivity index (χ0n) is 16.1. The monoisotopic (exact) mass is 459 g/mol. The minimum Gasteiger partial charge on any atom is -0.370 e. The number of hydrogen-bond donors (Lipinski definition) is 2. The number of likely N-dealkylation sites (N-methyl/N-ethyl adjacent to an activating group) is 1. The van der Waals surface area contributed by atoms with Crippen molar-refractivity contribution in [3.05, 3.63) is 35.4 Å². The molecule has 1 aromatic carbocycles. The van der Waals surface area contributed by atoms with E-state index in [1.807, 2.05) is 0 Å². The molecule has 1 aliphatic heterocycles. The first-order chi connectivity index (χ1) is 11.4. The van der Waals surface area contributed by atoms with Gasteiger partial charge in [-0.25, -0.2) is 4.99 Å². The Morgan fingerprint density at radius 1 is 1.04 bits per heavy atom. The van der Waals surface area contributed by atoms with E-state index in [1.54, 1.807) is 0 Å². The van der Waals surface area contributed by atoms with Crippen molar-refractivity contribution in [3.8, 4) is 0 Å². The molecule has 2 rings (SSSR count). The second-order valence-corrected chi connectivity index (χ2v) is 7.60. The SMILES string of the molecule is CCN1CCN(Cc2ccc(CN=C(N)NC(C)(C)C)cc2)CC1.I. The number of guanidine groups is 1. The van der Waals surface area contributed by atoms with Gasteiger partial charge in [0.2, 0.25) is 0 Å². The van der Waals surface area contributed by atoms with Gasteiger partial charge in [0.05, 0.1) is 6.54 Å². The summed E-state index contributed by atoms with van der Waals surface area (Å²) in [6, 6.07) is 8.74. The van der Waals surface area contributed by atoms with E-state index in [0.29, 0.717) is 12.5 Å². The first-order valence-electron chi connectivity index (χ1n) is 8.96. The second kappa shape index (κ2) is 10.3. The third kappa shape index (κ3) is 8.37. The van der Waals surface area contributed by atoms with Gasteiger partial charge in [0, 0.05) is 38.3 Å². The Morgan fingerprint density at radius 3 is 2.08 bits per heavy atom. The Balaban J connectivity index is 0.00000312. The Labute approximate surface area is 170 Å². The Kier molecular flexibility index (Phi) is 9.16. The van der Waals surface area contributed by atoms with Crippen LogP contribution in [0.15, 0.2) is 29.3 Å². The van der Waals surface area contributed by atoms with Gasteiger partial charge in [-0.3, -0.25) is 4.90 Å². The largest absolute Gasteiger partial charge is 0.370 e. The Bertz CT molecular complexity index is 528. The third-order valence-electron chi connectivity index (χ3n) is 4.28. The highest BCUT2D eigenvalue weighted by Crippen LogP contribution is 2.11. The van der Waals surface area contributed by atoms with Crippen molar-refractivity contribution in [1.29, 1.82) is 0 Å². The van der Waals surface area contributed by atoms with Gasteiger partial charge in [-0.05, 0) is 38.4 Å². The topological polar surface area (TPSA) is 56.9 Å². The van der Waals surface area contributed by atoms with Gasteiger partial charge in [0.1, 0.15) is 0 Å². The normalized spacial score (nSPS) is 17.2. The molecule has 0 unspecified atom stereocenters. The summed E-state index contributed by atoms with van der Waals surface area (Å²) < 4.78 is 0. The number of benzene rings is 1. The molecule has 0 aliphatic carbocycles. The van der Waals surface area contributed by atoms with Crippen molar-refractivity contribution in [1.82, 2.24) is 15.1 Å². The third-order valence-corrected chi connectivity index (χ3v) is 4.28. The molecule has 0 bridgehead atoms. The predicted molar refractivity (Wildman–Crippen MR) is 117 cm³/mol. The highest BCUT2D eigenvalue weighted by molar-refractivity contribution is 14.0. The average Bonchev–Trinajstić information content (AvgIpc) is 2.53. The Morgan fingerprint density at radius 2 is 1.56 bits per heavy atom. The molecule has 0 saturated carbocycles. The van der Waals surface area contributed by atoms with E-state index in [4.69, 9.17) is 5.73 Å². The smallest absolute Gasteiger partial charge is 0.189 e. The summed E-state index contributed by atoms with van der Waals surface area (Å²) >= 11 is 0. The molecule has 1 saturated heterocycles. The lowest BCUT2D eigenvalue weighted by Gasteiger charge is -2.34. The van der Waals surface area contributed by atoms with Crippen LogP contribution in [-0.4, -0.2) is 54.0 Å². The number of aliphatic imine (C=N–C) groups is 1. The summed E-state index contributed by atoms with van der Waals surface area (Å²) in [4.78, 5) is 9.45. The summed E-state index contributed by atoms with van der Waals surface area (Å²) in [6.45, 7) is 16.0. The van der Waals surface area contributed by atoms with Gasteiger partial charge in [-0.15, -0.1) is 24.0 Å². The maximum absolute atomic E-state index is 5.91. The molecule has 142 valence electrons. The van der Waals surface area contributed by atoms with Crippen LogP contribution in [0.5, 0.6) is 0 Å². The van der Waals surface area contributed by atoms with Crippen LogP contribution >= 0.6 is 24.0 Å². The molecule has 5 nitrogen and oxygen atoms in total. The molecule has 1 heterocycles. The van der Waals surface area contributed by atoms with E-state index in [-0.39, 0.29) is 29.5 Å². The highest BCUT2D eigenvalue weighted by Gasteiger charge is 2.15. The maximum atomic E-state index is 5.91. The number of halogens is 1. The number of piperazine rings is 1. The molecule has 1 fully saturated rings. The van der Waals surface area contributed by atoms with Crippen LogP contribution in [-0.2, 0) is 13.1 Å². The Hall–Kier alpha value is -0.860. The molecule has 6 heteroatoms. The molecule has 0 atom stereocenters. The summed E-state index contributed by atoms with van der Waals surface area (Å²) in [6.07, 6.45) is 0. The standard InChI is InChI=1S/C19H33N5.HI/c1-5-23-10-12-24(13-11-23)15-17-8-6-16(7-9-17)14-21-18(20)22-19(2,3)4;/h6-9H,5,10-15H2,1-4H3,(H3,20,21,22);1H. The number of nitrogens with zero attached hydrogens (tertiary/aromatic N) is 3. The van der Waals surface area contributed by atoms with Crippen molar-refractivity contribution < 1.29 is 0 Å². The average molecular weight is 459 g/mol. The van der Waals surface area contributed by atoms with Crippen LogP contribution in [0, 0.1) is 0 Å². The fourth-order valence-corrected chi connectivity index (χ4v) is 2.87. The van der Waals surface area contributed by atoms with Gasteiger partial charge >= 0.3 is 0 Å². The molecule has 0 radical (unpaired) electrons. The molecular formula is C19H34IN5. The van der Waals surface area contributed by atoms with Crippen LogP contribution in [0.1, 0.15) is 38.8 Å². The number of nitrogens with two attached hydrogens (primary N) is 1. The van der Waals surface area contributed by atoms with Gasteiger partial charge in [-0.2, -0.15) is 0 Å². The van der Waals surface area contributed by atoms with E-state index in [2.05, 4.69) is 72.1 Å². The van der Waals surface area contributed by atoms with E-state index in [0.717, 1.165) is 26.2 Å². The van der Waals surface area contributed by atoms with Crippen LogP contribution in [0.4, 0.5) is 0 Å². The van der Waals surface area contributed by atoms with Gasteiger partial charge in [0.25, 0.3) is 0 Å². The fraction of sp³-hybridized carbons (Fsp3) is 0.632. The van der Waals surface area contributed by atoms with Gasteiger partial charge in [0.15, 0.2) is 5.96 Å². The zero-order valence-corrected chi connectivity index (χ0v) is 18.4. The van der Waals surface area contributed by atoms with Crippen molar-refractivity contribution in [2.24, 2.45) is 10.7 Å². The highest BCUT2D eigenvalue weighted by atomic mass is 127. The zero-order chi connectivity index (χ0) is 17.6. The first kappa shape index (κ1) is 22.2. The number of hydrogen-bond acceptors (Lipinski definition) is 3.